The molecule has 0 atom stereocenters. The summed E-state index contributed by atoms with van der Waals surface area (Å²) in [5.41, 5.74) is 8.91. The molecule has 0 bridgehead atoms. The van der Waals surface area contributed by atoms with Crippen LogP contribution in [0.3, 0.4) is 0 Å². The molecule has 88 valence electrons. The predicted molar refractivity (Wildman–Crippen MR) is 68.9 cm³/mol. The van der Waals surface area contributed by atoms with Crippen LogP contribution >= 0.6 is 0 Å². The van der Waals surface area contributed by atoms with Crippen LogP contribution in [0.5, 0.6) is 0 Å². The Labute approximate surface area is 104 Å². The van der Waals surface area contributed by atoms with Crippen LogP contribution in [0.25, 0.3) is 0 Å². The second-order valence-corrected chi connectivity index (χ2v) is 4.51. The molecule has 0 spiro atoms. The molecule has 0 fully saturated rings. The van der Waals surface area contributed by atoms with Gasteiger partial charge in [-0.15, -0.1) is 0 Å². The van der Waals surface area contributed by atoms with Crippen molar-refractivity contribution in [3.8, 4) is 0 Å². The summed E-state index contributed by atoms with van der Waals surface area (Å²) in [6, 6.07) is 10.1. The highest BCUT2D eigenvalue weighted by atomic mass is 16.1. The van der Waals surface area contributed by atoms with Crippen LogP contribution in [0, 0.1) is 6.92 Å². The highest BCUT2D eigenvalue weighted by molar-refractivity contribution is 6.28. The van der Waals surface area contributed by atoms with Gasteiger partial charge in [0.25, 0.3) is 0 Å². The van der Waals surface area contributed by atoms with E-state index in [1.165, 1.54) is 0 Å². The molecule has 3 nitrogen and oxygen atoms in total. The molecule has 0 saturated heterocycles. The van der Waals surface area contributed by atoms with Crippen molar-refractivity contribution in [3.05, 3.63) is 64.2 Å². The fraction of sp³-hybridized carbons (Fsp3) is 0.0667. The van der Waals surface area contributed by atoms with Crippen LogP contribution in [-0.4, -0.2) is 11.6 Å². The lowest BCUT2D eigenvalue weighted by Gasteiger charge is -2.18. The lowest BCUT2D eigenvalue weighted by atomic mass is 9.83. The summed E-state index contributed by atoms with van der Waals surface area (Å²) < 4.78 is 0. The van der Waals surface area contributed by atoms with Gasteiger partial charge < -0.3 is 5.73 Å². The molecule has 3 rings (SSSR count). The molecule has 0 unspecified atom stereocenters. The van der Waals surface area contributed by atoms with Crippen LogP contribution < -0.4 is 5.73 Å². The van der Waals surface area contributed by atoms with Crippen molar-refractivity contribution in [1.29, 1.82) is 0 Å². The number of nitrogens with two attached hydrogens (primary N) is 1. The standard InChI is InChI=1S/C15H11NO2/c1-8-2-4-10-12(6-8)15(18)13-7-9(16)3-5-11(13)14(10)17/h2-7H,16H2,1H3. The monoisotopic (exact) mass is 237 g/mol. The number of aryl methyl sites for hydroxylation is 1. The van der Waals surface area contributed by atoms with E-state index >= 15 is 0 Å². The second-order valence-electron chi connectivity index (χ2n) is 4.51. The molecule has 3 heteroatoms. The third-order valence-corrected chi connectivity index (χ3v) is 3.20. The van der Waals surface area contributed by atoms with Crippen molar-refractivity contribution in [2.75, 3.05) is 5.73 Å². The van der Waals surface area contributed by atoms with Gasteiger partial charge in [0, 0.05) is 27.9 Å². The van der Waals surface area contributed by atoms with E-state index in [9.17, 15) is 9.59 Å². The molecule has 2 aromatic carbocycles. The molecule has 2 N–H and O–H groups in total. The summed E-state index contributed by atoms with van der Waals surface area (Å²) in [5, 5.41) is 0. The summed E-state index contributed by atoms with van der Waals surface area (Å²) >= 11 is 0. The fourth-order valence-electron chi connectivity index (χ4n) is 2.28. The number of anilines is 1. The molecule has 1 aliphatic rings. The first-order chi connectivity index (χ1) is 8.58. The van der Waals surface area contributed by atoms with Crippen LogP contribution in [0.1, 0.15) is 37.4 Å². The minimum absolute atomic E-state index is 0.111. The van der Waals surface area contributed by atoms with Crippen LogP contribution in [0.4, 0.5) is 5.69 Å². The normalized spacial score (nSPS) is 13.2. The lowest BCUT2D eigenvalue weighted by Crippen LogP contribution is -2.21. The Kier molecular flexibility index (Phi) is 2.10. The number of benzene rings is 2. The number of rotatable bonds is 0. The number of nitrogen functional groups attached to an aromatic ring is 1. The Bertz CT molecular complexity index is 644. The summed E-state index contributed by atoms with van der Waals surface area (Å²) in [4.78, 5) is 24.6. The van der Waals surface area contributed by atoms with Crippen LogP contribution in [0.15, 0.2) is 36.4 Å². The van der Waals surface area contributed by atoms with Gasteiger partial charge in [0.15, 0.2) is 11.6 Å². The SMILES string of the molecule is Cc1ccc2c(c1)C(=O)c1cc(N)ccc1C2=O. The Hall–Kier alpha value is -2.42. The van der Waals surface area contributed by atoms with Crippen molar-refractivity contribution in [2.24, 2.45) is 0 Å². The number of ketones is 2. The third-order valence-electron chi connectivity index (χ3n) is 3.20. The average molecular weight is 237 g/mol. The van der Waals surface area contributed by atoms with E-state index < -0.39 is 0 Å². The van der Waals surface area contributed by atoms with Gasteiger partial charge in [-0.2, -0.15) is 0 Å². The topological polar surface area (TPSA) is 60.2 Å². The van der Waals surface area contributed by atoms with E-state index in [-0.39, 0.29) is 11.6 Å². The smallest absolute Gasteiger partial charge is 0.194 e. The van der Waals surface area contributed by atoms with Gasteiger partial charge in [0.1, 0.15) is 0 Å². The summed E-state index contributed by atoms with van der Waals surface area (Å²) in [7, 11) is 0. The number of hydrogen-bond donors (Lipinski definition) is 1. The first kappa shape index (κ1) is 10.7. The van der Waals surface area contributed by atoms with Crippen LogP contribution in [0.2, 0.25) is 0 Å². The van der Waals surface area contributed by atoms with Gasteiger partial charge in [0.05, 0.1) is 0 Å². The predicted octanol–water partition coefficient (Wildman–Crippen LogP) is 2.35. The van der Waals surface area contributed by atoms with E-state index in [1.54, 1.807) is 30.3 Å². The third kappa shape index (κ3) is 1.37. The molecule has 1 aliphatic carbocycles. The van der Waals surface area contributed by atoms with E-state index in [2.05, 4.69) is 0 Å². The van der Waals surface area contributed by atoms with Gasteiger partial charge in [-0.25, -0.2) is 0 Å². The first-order valence-corrected chi connectivity index (χ1v) is 5.67. The number of fused-ring (bicyclic) bond motifs is 2. The molecule has 0 radical (unpaired) electrons. The van der Waals surface area contributed by atoms with Crippen LogP contribution in [-0.2, 0) is 0 Å². The maximum Gasteiger partial charge on any atom is 0.194 e. The molecular weight excluding hydrogens is 226 g/mol. The minimum Gasteiger partial charge on any atom is -0.399 e. The zero-order chi connectivity index (χ0) is 12.9. The van der Waals surface area contributed by atoms with E-state index in [1.807, 2.05) is 13.0 Å². The Morgan fingerprint density at radius 1 is 0.778 bits per heavy atom. The quantitative estimate of drug-likeness (QED) is 0.610. The number of carbonyl (C=O) groups excluding carboxylic acids is 2. The maximum absolute atomic E-state index is 12.4. The van der Waals surface area contributed by atoms with E-state index in [0.29, 0.717) is 27.9 Å². The van der Waals surface area contributed by atoms with Crippen molar-refractivity contribution in [2.45, 2.75) is 6.92 Å². The summed E-state index contributed by atoms with van der Waals surface area (Å²) in [5.74, 6) is -0.241. The Morgan fingerprint density at radius 2 is 1.33 bits per heavy atom. The maximum atomic E-state index is 12.4. The van der Waals surface area contributed by atoms with Gasteiger partial charge in [-0.3, -0.25) is 9.59 Å². The van der Waals surface area contributed by atoms with Gasteiger partial charge in [-0.05, 0) is 31.2 Å². The molecule has 0 amide bonds. The highest BCUT2D eigenvalue weighted by Crippen LogP contribution is 2.28. The first-order valence-electron chi connectivity index (χ1n) is 5.67. The minimum atomic E-state index is -0.129. The molecular formula is C15H11NO2. The molecule has 2 aromatic rings. The van der Waals surface area contributed by atoms with E-state index in [0.717, 1.165) is 5.56 Å². The molecule has 18 heavy (non-hydrogen) atoms. The molecule has 0 saturated carbocycles. The number of hydrogen-bond acceptors (Lipinski definition) is 3. The molecule has 0 heterocycles. The van der Waals surface area contributed by atoms with Gasteiger partial charge in [-0.1, -0.05) is 17.7 Å². The zero-order valence-corrected chi connectivity index (χ0v) is 9.86. The van der Waals surface area contributed by atoms with Gasteiger partial charge >= 0.3 is 0 Å². The van der Waals surface area contributed by atoms with Crippen molar-refractivity contribution < 1.29 is 9.59 Å². The average Bonchev–Trinajstić information content (AvgIpc) is 2.35. The number of carbonyl (C=O) groups is 2. The molecule has 0 aromatic heterocycles. The van der Waals surface area contributed by atoms with Gasteiger partial charge in [0.2, 0.25) is 0 Å². The Balaban J connectivity index is 2.32. The largest absolute Gasteiger partial charge is 0.399 e. The molecule has 0 aliphatic heterocycles. The van der Waals surface area contributed by atoms with E-state index in [4.69, 9.17) is 5.73 Å². The fourth-order valence-corrected chi connectivity index (χ4v) is 2.28. The van der Waals surface area contributed by atoms with Crippen molar-refractivity contribution in [1.82, 2.24) is 0 Å². The summed E-state index contributed by atoms with van der Waals surface area (Å²) in [6.45, 7) is 1.90. The van der Waals surface area contributed by atoms with Crippen molar-refractivity contribution >= 4 is 17.3 Å². The lowest BCUT2D eigenvalue weighted by molar-refractivity contribution is 0.0979. The second kappa shape index (κ2) is 3.53. The van der Waals surface area contributed by atoms with Crippen molar-refractivity contribution in [3.63, 3.8) is 0 Å². The zero-order valence-electron chi connectivity index (χ0n) is 9.86. The Morgan fingerprint density at radius 3 is 2.06 bits per heavy atom. The highest BCUT2D eigenvalue weighted by Gasteiger charge is 2.29. The summed E-state index contributed by atoms with van der Waals surface area (Å²) in [6.07, 6.45) is 0.